The lowest BCUT2D eigenvalue weighted by Gasteiger charge is -2.42. The smallest absolute Gasteiger partial charge is 0.303 e. The summed E-state index contributed by atoms with van der Waals surface area (Å²) >= 11 is 12.0. The number of nitrogen functional groups attached to an aromatic ring is 1. The molecule has 2 aromatic rings. The molecule has 1 atom stereocenters. The van der Waals surface area contributed by atoms with Crippen molar-refractivity contribution in [1.29, 1.82) is 0 Å². The van der Waals surface area contributed by atoms with E-state index in [2.05, 4.69) is 9.88 Å². The number of hydrogen-bond donors (Lipinski definition) is 2. The first-order valence-electron chi connectivity index (χ1n) is 9.28. The molecule has 0 radical (unpaired) electrons. The number of anilines is 2. The van der Waals surface area contributed by atoms with E-state index in [9.17, 15) is 9.59 Å². The van der Waals surface area contributed by atoms with Crippen LogP contribution in [0.5, 0.6) is 0 Å². The standard InChI is InChI=1S/C20H22Cl2N4O3/c21-14-6-4-13(5-7-14)17-12-25(18(27)2-1-3-19(28)29)8-9-26(17)20-16(23)10-15(22)11-24-20/h4-7,10-11,17H,1-3,8-9,12,23H2,(H,28,29)/t17-/m1/s1. The second-order valence-electron chi connectivity index (χ2n) is 6.91. The Morgan fingerprint density at radius 2 is 1.86 bits per heavy atom. The number of rotatable bonds is 6. The number of carbonyl (C=O) groups excluding carboxylic acids is 1. The van der Waals surface area contributed by atoms with Crippen molar-refractivity contribution >= 4 is 46.6 Å². The van der Waals surface area contributed by atoms with E-state index in [0.717, 1.165) is 5.56 Å². The summed E-state index contributed by atoms with van der Waals surface area (Å²) < 4.78 is 0. The van der Waals surface area contributed by atoms with Gasteiger partial charge in [-0.3, -0.25) is 9.59 Å². The predicted octanol–water partition coefficient (Wildman–Crippen LogP) is 3.62. The number of carboxylic acids is 1. The SMILES string of the molecule is Nc1cc(Cl)cnc1N1CCN(C(=O)CCCC(=O)O)C[C@@H]1c1ccc(Cl)cc1. The van der Waals surface area contributed by atoms with Gasteiger partial charge in [0.15, 0.2) is 5.82 Å². The Morgan fingerprint density at radius 1 is 1.14 bits per heavy atom. The zero-order valence-corrected chi connectivity index (χ0v) is 17.2. The van der Waals surface area contributed by atoms with Crippen LogP contribution in [0.4, 0.5) is 11.5 Å². The molecule has 0 saturated carbocycles. The summed E-state index contributed by atoms with van der Waals surface area (Å²) in [5, 5.41) is 9.87. The number of hydrogen-bond acceptors (Lipinski definition) is 5. The number of amides is 1. The van der Waals surface area contributed by atoms with E-state index < -0.39 is 5.97 Å². The Morgan fingerprint density at radius 3 is 2.52 bits per heavy atom. The fourth-order valence-corrected chi connectivity index (χ4v) is 3.76. The monoisotopic (exact) mass is 436 g/mol. The molecule has 7 nitrogen and oxygen atoms in total. The Hall–Kier alpha value is -2.51. The lowest BCUT2D eigenvalue weighted by molar-refractivity contribution is -0.137. The topological polar surface area (TPSA) is 99.8 Å². The average Bonchev–Trinajstić information content (AvgIpc) is 2.68. The van der Waals surface area contributed by atoms with Crippen LogP contribution in [0.1, 0.15) is 30.9 Å². The molecule has 1 amide bonds. The van der Waals surface area contributed by atoms with E-state index in [1.807, 2.05) is 12.1 Å². The maximum absolute atomic E-state index is 12.6. The number of carbonyl (C=O) groups is 2. The van der Waals surface area contributed by atoms with Gasteiger partial charge in [-0.25, -0.2) is 4.98 Å². The summed E-state index contributed by atoms with van der Waals surface area (Å²) in [6, 6.07) is 8.95. The molecular formula is C20H22Cl2N4O3. The van der Waals surface area contributed by atoms with Crippen LogP contribution in [-0.4, -0.2) is 46.5 Å². The zero-order chi connectivity index (χ0) is 21.0. The lowest BCUT2D eigenvalue weighted by Crippen LogP contribution is -2.51. The fourth-order valence-electron chi connectivity index (χ4n) is 3.47. The number of piperazine rings is 1. The van der Waals surface area contributed by atoms with Crippen LogP contribution in [0.2, 0.25) is 10.0 Å². The van der Waals surface area contributed by atoms with Gasteiger partial charge < -0.3 is 20.6 Å². The maximum atomic E-state index is 12.6. The lowest BCUT2D eigenvalue weighted by atomic mass is 10.0. The number of nitrogens with zero attached hydrogens (tertiary/aromatic N) is 3. The van der Waals surface area contributed by atoms with Gasteiger partial charge in [-0.05, 0) is 30.2 Å². The first-order chi connectivity index (χ1) is 13.8. The van der Waals surface area contributed by atoms with Gasteiger partial charge in [0.05, 0.1) is 16.8 Å². The van der Waals surface area contributed by atoms with Crippen molar-refractivity contribution in [2.24, 2.45) is 0 Å². The molecule has 0 spiro atoms. The Balaban J connectivity index is 1.83. The fraction of sp³-hybridized carbons (Fsp3) is 0.350. The molecule has 1 aliphatic rings. The van der Waals surface area contributed by atoms with Crippen LogP contribution in [0.15, 0.2) is 36.5 Å². The number of aromatic nitrogens is 1. The van der Waals surface area contributed by atoms with E-state index in [1.54, 1.807) is 29.3 Å². The highest BCUT2D eigenvalue weighted by atomic mass is 35.5. The van der Waals surface area contributed by atoms with Crippen LogP contribution >= 0.6 is 23.2 Å². The molecule has 3 rings (SSSR count). The van der Waals surface area contributed by atoms with E-state index >= 15 is 0 Å². The van der Waals surface area contributed by atoms with Crippen LogP contribution in [0.25, 0.3) is 0 Å². The van der Waals surface area contributed by atoms with Gasteiger partial charge in [-0.1, -0.05) is 35.3 Å². The normalized spacial score (nSPS) is 16.7. The van der Waals surface area contributed by atoms with Crippen molar-refractivity contribution in [2.75, 3.05) is 30.3 Å². The highest BCUT2D eigenvalue weighted by Gasteiger charge is 2.32. The van der Waals surface area contributed by atoms with E-state index in [0.29, 0.717) is 47.6 Å². The Kier molecular flexibility index (Phi) is 6.82. The van der Waals surface area contributed by atoms with Gasteiger partial charge in [-0.2, -0.15) is 0 Å². The third-order valence-corrected chi connectivity index (χ3v) is 5.36. The van der Waals surface area contributed by atoms with Gasteiger partial charge in [0.1, 0.15) is 0 Å². The predicted molar refractivity (Wildman–Crippen MR) is 113 cm³/mol. The van der Waals surface area contributed by atoms with Gasteiger partial charge >= 0.3 is 5.97 Å². The summed E-state index contributed by atoms with van der Waals surface area (Å²) in [6.45, 7) is 1.48. The summed E-state index contributed by atoms with van der Waals surface area (Å²) in [5.74, 6) is -0.333. The molecule has 1 saturated heterocycles. The molecule has 2 heterocycles. The van der Waals surface area contributed by atoms with E-state index in [1.165, 1.54) is 0 Å². The molecule has 1 aromatic heterocycles. The van der Waals surface area contributed by atoms with Crippen molar-refractivity contribution in [3.8, 4) is 0 Å². The van der Waals surface area contributed by atoms with Crippen LogP contribution in [-0.2, 0) is 9.59 Å². The molecule has 29 heavy (non-hydrogen) atoms. The Labute approximate surface area is 179 Å². The van der Waals surface area contributed by atoms with Crippen molar-refractivity contribution in [1.82, 2.24) is 9.88 Å². The molecular weight excluding hydrogens is 415 g/mol. The summed E-state index contributed by atoms with van der Waals surface area (Å²) in [5.41, 5.74) is 7.61. The summed E-state index contributed by atoms with van der Waals surface area (Å²) in [4.78, 5) is 31.5. The van der Waals surface area contributed by atoms with Crippen molar-refractivity contribution in [2.45, 2.75) is 25.3 Å². The highest BCUT2D eigenvalue weighted by Crippen LogP contribution is 2.34. The van der Waals surface area contributed by atoms with Gasteiger partial charge in [0.25, 0.3) is 0 Å². The Bertz CT molecular complexity index is 892. The molecule has 0 unspecified atom stereocenters. The minimum atomic E-state index is -0.897. The van der Waals surface area contributed by atoms with Gasteiger partial charge in [0, 0.05) is 43.7 Å². The second-order valence-corrected chi connectivity index (χ2v) is 7.79. The maximum Gasteiger partial charge on any atom is 0.303 e. The van der Waals surface area contributed by atoms with Crippen molar-refractivity contribution in [3.05, 3.63) is 52.1 Å². The minimum Gasteiger partial charge on any atom is -0.481 e. The number of aliphatic carboxylic acids is 1. The van der Waals surface area contributed by atoms with Crippen molar-refractivity contribution < 1.29 is 14.7 Å². The van der Waals surface area contributed by atoms with E-state index in [-0.39, 0.29) is 24.8 Å². The van der Waals surface area contributed by atoms with Crippen LogP contribution < -0.4 is 10.6 Å². The van der Waals surface area contributed by atoms with Crippen molar-refractivity contribution in [3.63, 3.8) is 0 Å². The van der Waals surface area contributed by atoms with Gasteiger partial charge in [0.2, 0.25) is 5.91 Å². The first-order valence-corrected chi connectivity index (χ1v) is 10.0. The number of nitrogens with two attached hydrogens (primary N) is 1. The summed E-state index contributed by atoms with van der Waals surface area (Å²) in [7, 11) is 0. The third kappa shape index (κ3) is 5.31. The molecule has 1 aliphatic heterocycles. The number of pyridine rings is 1. The molecule has 0 bridgehead atoms. The van der Waals surface area contributed by atoms with Gasteiger partial charge in [-0.15, -0.1) is 0 Å². The average molecular weight is 437 g/mol. The second kappa shape index (κ2) is 9.33. The zero-order valence-electron chi connectivity index (χ0n) is 15.7. The first kappa shape index (κ1) is 21.2. The molecule has 3 N–H and O–H groups in total. The summed E-state index contributed by atoms with van der Waals surface area (Å²) in [6.07, 6.45) is 2.07. The minimum absolute atomic E-state index is 0.0163. The van der Waals surface area contributed by atoms with E-state index in [4.69, 9.17) is 34.0 Å². The molecule has 1 fully saturated rings. The molecule has 154 valence electrons. The number of carboxylic acid groups (broad SMARTS) is 1. The molecule has 1 aromatic carbocycles. The largest absolute Gasteiger partial charge is 0.481 e. The highest BCUT2D eigenvalue weighted by molar-refractivity contribution is 6.31. The quantitative estimate of drug-likeness (QED) is 0.716. The molecule has 9 heteroatoms. The third-order valence-electron chi connectivity index (χ3n) is 4.90. The molecule has 0 aliphatic carbocycles. The number of halogens is 2. The van der Waals surface area contributed by atoms with Crippen LogP contribution in [0, 0.1) is 0 Å². The number of benzene rings is 1. The van der Waals surface area contributed by atoms with Crippen LogP contribution in [0.3, 0.4) is 0 Å².